The van der Waals surface area contributed by atoms with Gasteiger partial charge in [-0.1, -0.05) is 0 Å². The minimum Gasteiger partial charge on any atom is -0.550 e. The van der Waals surface area contributed by atoms with Crippen molar-refractivity contribution in [2.45, 2.75) is 6.42 Å². The molecule has 1 aromatic rings. The van der Waals surface area contributed by atoms with Crippen LogP contribution < -0.4 is 25.3 Å². The molecular weight excluding hydrogens is 507 g/mol. The maximum Gasteiger partial charge on any atom is 2.00 e. The first kappa shape index (κ1) is 27.1. The van der Waals surface area contributed by atoms with Crippen LogP contribution in [0.3, 0.4) is 0 Å². The molecule has 0 aliphatic carbocycles. The minimum atomic E-state index is -1.79. The molecule has 0 saturated heterocycles. The smallest absolute Gasteiger partial charge is 0.550 e. The third-order valence-corrected chi connectivity index (χ3v) is 3.77. The number of nitrogens with zero attached hydrogens (tertiary/aromatic N) is 2. The summed E-state index contributed by atoms with van der Waals surface area (Å²) in [7, 11) is 0. The molecular formula is C12H6N2O8SSr2. The van der Waals surface area contributed by atoms with Crippen LogP contribution in [-0.2, 0) is 20.8 Å². The molecule has 0 spiro atoms. The largest absolute Gasteiger partial charge is 2.00 e. The van der Waals surface area contributed by atoms with Crippen molar-refractivity contribution in [3.05, 3.63) is 21.9 Å². The maximum absolute atomic E-state index is 11.1. The van der Waals surface area contributed by atoms with Gasteiger partial charge in [0.1, 0.15) is 0 Å². The molecule has 0 atom stereocenters. The van der Waals surface area contributed by atoms with Gasteiger partial charge in [-0.3, -0.25) is 0 Å². The summed E-state index contributed by atoms with van der Waals surface area (Å²) in [5.74, 6) is -6.84. The van der Waals surface area contributed by atoms with Crippen LogP contribution >= 0.6 is 11.3 Å². The molecule has 0 bridgehead atoms. The predicted octanol–water partition coefficient (Wildman–Crippen LogP) is -5.50. The van der Waals surface area contributed by atoms with Crippen LogP contribution in [-0.4, -0.2) is 128 Å². The zero-order valence-corrected chi connectivity index (χ0v) is 20.4. The number of anilines is 1. The third-order valence-electron chi connectivity index (χ3n) is 2.51. The molecule has 13 heteroatoms. The van der Waals surface area contributed by atoms with Crippen LogP contribution in [0.25, 0.3) is 4.85 Å². The van der Waals surface area contributed by atoms with Gasteiger partial charge in [0, 0.05) is 17.3 Å². The second-order valence-electron chi connectivity index (χ2n) is 4.11. The number of carbonyl (C=O) groups is 4. The van der Waals surface area contributed by atoms with Crippen molar-refractivity contribution in [3.8, 4) is 0 Å². The van der Waals surface area contributed by atoms with Crippen LogP contribution in [0.2, 0.25) is 0 Å². The van der Waals surface area contributed by atoms with Crippen LogP contribution in [0.1, 0.15) is 15.2 Å². The topological polar surface area (TPSA) is 168 Å². The Morgan fingerprint density at radius 3 is 1.76 bits per heavy atom. The molecule has 10 nitrogen and oxygen atoms in total. The van der Waals surface area contributed by atoms with E-state index in [1.54, 1.807) is 0 Å². The Morgan fingerprint density at radius 2 is 1.44 bits per heavy atom. The number of hydrogen-bond donors (Lipinski definition) is 0. The summed E-state index contributed by atoms with van der Waals surface area (Å²) in [5.41, 5.74) is -0.942. The van der Waals surface area contributed by atoms with Gasteiger partial charge in [-0.05, 0) is 5.56 Å². The van der Waals surface area contributed by atoms with E-state index in [1.165, 1.54) is 0 Å². The average molecular weight is 513 g/mol. The molecule has 25 heavy (non-hydrogen) atoms. The molecule has 0 saturated carbocycles. The van der Waals surface area contributed by atoms with Crippen molar-refractivity contribution in [1.29, 1.82) is 0 Å². The normalized spacial score (nSPS) is 9.08. The Hall–Kier alpha value is -0.169. The van der Waals surface area contributed by atoms with Gasteiger partial charge in [0.25, 0.3) is 0 Å². The van der Waals surface area contributed by atoms with Crippen LogP contribution in [0, 0.1) is 6.57 Å². The van der Waals surface area contributed by atoms with Gasteiger partial charge in [0.15, 0.2) is 0 Å². The molecule has 0 aliphatic heterocycles. The molecule has 1 heterocycles. The fraction of sp³-hybridized carbons (Fsp3) is 0.250. The Bertz CT molecular complexity index is 711. The van der Waals surface area contributed by atoms with E-state index < -0.39 is 59.5 Å². The molecule has 0 aromatic carbocycles. The number of thiophene rings is 1. The number of rotatable bonds is 8. The summed E-state index contributed by atoms with van der Waals surface area (Å²) in [6.07, 6.45) is -0.929. The van der Waals surface area contributed by atoms with Crippen molar-refractivity contribution < 1.29 is 39.6 Å². The van der Waals surface area contributed by atoms with E-state index in [0.29, 0.717) is 16.2 Å². The number of aromatic carboxylic acids is 1. The van der Waals surface area contributed by atoms with Crippen molar-refractivity contribution in [2.24, 2.45) is 0 Å². The predicted molar refractivity (Wildman–Crippen MR) is 77.4 cm³/mol. The van der Waals surface area contributed by atoms with E-state index in [0.717, 1.165) is 0 Å². The molecule has 0 aliphatic rings. The number of carboxylic acid groups (broad SMARTS) is 4. The van der Waals surface area contributed by atoms with Crippen LogP contribution in [0.5, 0.6) is 0 Å². The minimum absolute atomic E-state index is 0. The second kappa shape index (κ2) is 12.3. The number of carboxylic acids is 4. The van der Waals surface area contributed by atoms with Gasteiger partial charge >= 0.3 is 91.0 Å². The van der Waals surface area contributed by atoms with E-state index in [-0.39, 0.29) is 96.0 Å². The van der Waals surface area contributed by atoms with Gasteiger partial charge in [0.2, 0.25) is 5.69 Å². The molecule has 0 fully saturated rings. The van der Waals surface area contributed by atoms with Gasteiger partial charge < -0.3 is 44.5 Å². The van der Waals surface area contributed by atoms with Gasteiger partial charge in [-0.2, -0.15) is 0 Å². The first-order valence-electron chi connectivity index (χ1n) is 5.76. The number of hydrogen-bond acceptors (Lipinski definition) is 10. The number of carbonyl (C=O) groups excluding carboxylic acids is 4. The van der Waals surface area contributed by atoms with Crippen molar-refractivity contribution in [3.63, 3.8) is 0 Å². The second-order valence-corrected chi connectivity index (χ2v) is 5.11. The van der Waals surface area contributed by atoms with E-state index in [1.807, 2.05) is 0 Å². The van der Waals surface area contributed by atoms with Gasteiger partial charge in [-0.15, -0.1) is 11.3 Å². The van der Waals surface area contributed by atoms with E-state index in [4.69, 9.17) is 6.57 Å². The van der Waals surface area contributed by atoms with E-state index in [9.17, 15) is 39.6 Å². The first-order valence-corrected chi connectivity index (χ1v) is 6.58. The van der Waals surface area contributed by atoms with Crippen molar-refractivity contribution >= 4 is 137 Å². The zero-order chi connectivity index (χ0) is 17.7. The fourth-order valence-electron chi connectivity index (χ4n) is 1.76. The Balaban J connectivity index is 0. The van der Waals surface area contributed by atoms with E-state index >= 15 is 0 Å². The summed E-state index contributed by atoms with van der Waals surface area (Å²) in [5, 5.41) is 42.8. The van der Waals surface area contributed by atoms with E-state index in [2.05, 4.69) is 4.85 Å². The molecule has 1 rings (SSSR count). The summed E-state index contributed by atoms with van der Waals surface area (Å²) in [4.78, 5) is 46.1. The summed E-state index contributed by atoms with van der Waals surface area (Å²) in [6.45, 7) is 5.11. The standard InChI is InChI=1S/C12H10N2O8S.2Sr/c1-13-9-5(2-6(15)16)10(12(21)22)23-11(9)14(3-7(17)18)4-8(19)20;;/h2-4H2,(H,15,16)(H,17,18)(H,19,20)(H,21,22);;/q;2*+2/p-4. The molecule has 0 radical (unpaired) electrons. The fourth-order valence-corrected chi connectivity index (χ4v) is 2.85. The molecule has 1 aromatic heterocycles. The molecule has 122 valence electrons. The summed E-state index contributed by atoms with van der Waals surface area (Å²) >= 11 is 0.330. The molecule has 0 amide bonds. The quantitative estimate of drug-likeness (QED) is 0.243. The Labute approximate surface area is 219 Å². The zero-order valence-electron chi connectivity index (χ0n) is 12.6. The Kier molecular flexibility index (Phi) is 13.3. The monoisotopic (exact) mass is 514 g/mol. The first-order chi connectivity index (χ1) is 10.7. The van der Waals surface area contributed by atoms with Crippen LogP contribution in [0.4, 0.5) is 10.7 Å². The third kappa shape index (κ3) is 7.94. The number of aliphatic carboxylic acids is 3. The average Bonchev–Trinajstić information content (AvgIpc) is 2.74. The summed E-state index contributed by atoms with van der Waals surface area (Å²) in [6, 6.07) is 0. The molecule has 0 unspecified atom stereocenters. The molecule has 0 N–H and O–H groups in total. The summed E-state index contributed by atoms with van der Waals surface area (Å²) < 4.78 is 0. The van der Waals surface area contributed by atoms with Crippen molar-refractivity contribution in [1.82, 2.24) is 0 Å². The maximum atomic E-state index is 11.1. The van der Waals surface area contributed by atoms with Crippen molar-refractivity contribution in [2.75, 3.05) is 18.0 Å². The Morgan fingerprint density at radius 1 is 0.960 bits per heavy atom. The van der Waals surface area contributed by atoms with Gasteiger partial charge in [-0.25, -0.2) is 4.85 Å². The van der Waals surface area contributed by atoms with Crippen LogP contribution in [0.15, 0.2) is 0 Å². The van der Waals surface area contributed by atoms with Gasteiger partial charge in [0.05, 0.1) is 42.6 Å². The SMILES string of the molecule is [C-]#[N+]c1c(N(CC(=O)[O-])CC(=O)[O-])sc(C(=O)[O-])c1CC(=O)[O-].[Sr+2].[Sr+2].